The molecule has 0 saturated carbocycles. The molecule has 0 amide bonds. The fourth-order valence-corrected chi connectivity index (χ4v) is 3.68. The molecule has 150 valence electrons. The maximum Gasteiger partial charge on any atom is 0.213 e. The molecule has 1 aliphatic heterocycles. The average Bonchev–Trinajstić information content (AvgIpc) is 3.17. The van der Waals surface area contributed by atoms with E-state index in [9.17, 15) is 0 Å². The van der Waals surface area contributed by atoms with E-state index in [4.69, 9.17) is 25.8 Å². The predicted molar refractivity (Wildman–Crippen MR) is 114 cm³/mol. The van der Waals surface area contributed by atoms with Crippen LogP contribution in [0.3, 0.4) is 0 Å². The van der Waals surface area contributed by atoms with Crippen molar-refractivity contribution < 1.29 is 14.2 Å². The number of benzene rings is 2. The van der Waals surface area contributed by atoms with E-state index in [0.717, 1.165) is 36.5 Å². The van der Waals surface area contributed by atoms with Crippen LogP contribution in [0.15, 0.2) is 66.9 Å². The Bertz CT molecular complexity index is 952. The zero-order chi connectivity index (χ0) is 20.1. The molecule has 2 heterocycles. The minimum Gasteiger partial charge on any atom is -0.472 e. The number of hydrogen-bond donors (Lipinski definition) is 0. The third kappa shape index (κ3) is 5.00. The van der Waals surface area contributed by atoms with Crippen molar-refractivity contribution in [1.29, 1.82) is 0 Å². The molecule has 0 spiro atoms. The number of nitrogens with zero attached hydrogens (tertiary/aromatic N) is 2. The van der Waals surface area contributed by atoms with Crippen molar-refractivity contribution in [1.82, 2.24) is 4.98 Å². The molecule has 1 atom stereocenters. The van der Waals surface area contributed by atoms with Crippen molar-refractivity contribution in [3.63, 3.8) is 0 Å². The van der Waals surface area contributed by atoms with Crippen LogP contribution in [-0.4, -0.2) is 31.3 Å². The van der Waals surface area contributed by atoms with Gasteiger partial charge in [-0.1, -0.05) is 23.7 Å². The predicted octanol–water partition coefficient (Wildman–Crippen LogP) is 5.33. The number of ether oxygens (including phenoxy) is 3. The smallest absolute Gasteiger partial charge is 0.213 e. The van der Waals surface area contributed by atoms with Crippen LogP contribution in [0.25, 0.3) is 0 Å². The molecule has 2 aromatic carbocycles. The maximum atomic E-state index is 6.05. The van der Waals surface area contributed by atoms with Crippen molar-refractivity contribution in [2.24, 2.45) is 0 Å². The molecule has 1 aliphatic rings. The first-order valence-corrected chi connectivity index (χ1v) is 9.97. The summed E-state index contributed by atoms with van der Waals surface area (Å²) in [6.45, 7) is 2.23. The Morgan fingerprint density at radius 2 is 1.97 bits per heavy atom. The van der Waals surface area contributed by atoms with E-state index in [1.807, 2.05) is 48.5 Å². The largest absolute Gasteiger partial charge is 0.472 e. The summed E-state index contributed by atoms with van der Waals surface area (Å²) in [7, 11) is 1.70. The highest BCUT2D eigenvalue weighted by Crippen LogP contribution is 2.32. The Morgan fingerprint density at radius 1 is 1.07 bits per heavy atom. The molecule has 0 aliphatic carbocycles. The minimum atomic E-state index is 0.114. The van der Waals surface area contributed by atoms with Crippen molar-refractivity contribution in [3.05, 3.63) is 77.4 Å². The van der Waals surface area contributed by atoms with E-state index in [1.165, 1.54) is 0 Å². The summed E-state index contributed by atoms with van der Waals surface area (Å²) in [6, 6.07) is 19.2. The van der Waals surface area contributed by atoms with Crippen LogP contribution in [0.4, 0.5) is 5.69 Å². The highest BCUT2D eigenvalue weighted by Gasteiger charge is 2.26. The molecule has 1 saturated heterocycles. The lowest BCUT2D eigenvalue weighted by molar-refractivity contribution is 0.185. The molecule has 0 unspecified atom stereocenters. The summed E-state index contributed by atoms with van der Waals surface area (Å²) < 4.78 is 17.4. The van der Waals surface area contributed by atoms with E-state index in [1.54, 1.807) is 19.4 Å². The molecule has 1 fully saturated rings. The van der Waals surface area contributed by atoms with Crippen LogP contribution in [0.5, 0.6) is 17.4 Å². The number of aromatic nitrogens is 1. The van der Waals surface area contributed by atoms with Gasteiger partial charge in [0, 0.05) is 48.6 Å². The first-order valence-electron chi connectivity index (χ1n) is 9.59. The second-order valence-corrected chi connectivity index (χ2v) is 7.36. The average molecular weight is 411 g/mol. The Balaban J connectivity index is 1.48. The fourth-order valence-electron chi connectivity index (χ4n) is 3.50. The molecule has 0 radical (unpaired) electrons. The van der Waals surface area contributed by atoms with E-state index < -0.39 is 0 Å². The lowest BCUT2D eigenvalue weighted by atomic mass is 10.1. The summed E-state index contributed by atoms with van der Waals surface area (Å²) in [5.74, 6) is 2.13. The topological polar surface area (TPSA) is 43.8 Å². The monoisotopic (exact) mass is 410 g/mol. The highest BCUT2D eigenvalue weighted by molar-refractivity contribution is 6.30. The van der Waals surface area contributed by atoms with Crippen molar-refractivity contribution in [3.8, 4) is 17.4 Å². The standard InChI is InChI=1S/C23H23ClN2O3/c1-27-16-17-13-20(28-19-6-4-5-18(24)14-19)8-9-22(17)26-12-10-21(15-26)29-23-7-2-3-11-25-23/h2-9,11,13-14,21H,10,12,15-16H2,1H3/t21-/m0/s1. The Morgan fingerprint density at radius 3 is 2.76 bits per heavy atom. The molecule has 0 N–H and O–H groups in total. The van der Waals surface area contributed by atoms with Gasteiger partial charge in [0.2, 0.25) is 5.88 Å². The van der Waals surface area contributed by atoms with Gasteiger partial charge >= 0.3 is 0 Å². The fraction of sp³-hybridized carbons (Fsp3) is 0.261. The molecule has 29 heavy (non-hydrogen) atoms. The van der Waals surface area contributed by atoms with Gasteiger partial charge in [-0.3, -0.25) is 0 Å². The van der Waals surface area contributed by atoms with Gasteiger partial charge in [-0.05, 0) is 42.5 Å². The first-order chi connectivity index (χ1) is 14.2. The van der Waals surface area contributed by atoms with Crippen LogP contribution in [-0.2, 0) is 11.3 Å². The van der Waals surface area contributed by atoms with E-state index in [2.05, 4.69) is 16.0 Å². The summed E-state index contributed by atoms with van der Waals surface area (Å²) in [5, 5.41) is 0.646. The summed E-state index contributed by atoms with van der Waals surface area (Å²) >= 11 is 6.05. The van der Waals surface area contributed by atoms with E-state index in [0.29, 0.717) is 23.3 Å². The number of rotatable bonds is 7. The van der Waals surface area contributed by atoms with Gasteiger partial charge in [0.05, 0.1) is 13.2 Å². The Hall–Kier alpha value is -2.76. The third-order valence-electron chi connectivity index (χ3n) is 4.79. The number of pyridine rings is 1. The van der Waals surface area contributed by atoms with Gasteiger partial charge in [-0.15, -0.1) is 0 Å². The summed E-state index contributed by atoms with van der Waals surface area (Å²) in [5.41, 5.74) is 2.21. The van der Waals surface area contributed by atoms with Gasteiger partial charge in [-0.2, -0.15) is 0 Å². The zero-order valence-corrected chi connectivity index (χ0v) is 17.0. The van der Waals surface area contributed by atoms with Crippen LogP contribution in [0.1, 0.15) is 12.0 Å². The van der Waals surface area contributed by atoms with Crippen LogP contribution in [0, 0.1) is 0 Å². The summed E-state index contributed by atoms with van der Waals surface area (Å²) in [4.78, 5) is 6.58. The normalized spacial score (nSPS) is 16.1. The third-order valence-corrected chi connectivity index (χ3v) is 5.03. The summed E-state index contributed by atoms with van der Waals surface area (Å²) in [6.07, 6.45) is 2.81. The van der Waals surface area contributed by atoms with Crippen LogP contribution in [0.2, 0.25) is 5.02 Å². The van der Waals surface area contributed by atoms with Gasteiger partial charge in [0.15, 0.2) is 0 Å². The number of methoxy groups -OCH3 is 1. The number of anilines is 1. The molecular weight excluding hydrogens is 388 g/mol. The lowest BCUT2D eigenvalue weighted by Crippen LogP contribution is -2.25. The van der Waals surface area contributed by atoms with Crippen molar-refractivity contribution in [2.45, 2.75) is 19.1 Å². The van der Waals surface area contributed by atoms with E-state index in [-0.39, 0.29) is 6.10 Å². The molecule has 3 aromatic rings. The molecule has 6 heteroatoms. The molecule has 4 rings (SSSR count). The van der Waals surface area contributed by atoms with Gasteiger partial charge < -0.3 is 19.1 Å². The molecule has 0 bridgehead atoms. The second-order valence-electron chi connectivity index (χ2n) is 6.93. The molecule has 1 aromatic heterocycles. The SMILES string of the molecule is COCc1cc(Oc2cccc(Cl)c2)ccc1N1CC[C@H](Oc2ccccn2)C1. The lowest BCUT2D eigenvalue weighted by Gasteiger charge is -2.22. The number of halogens is 1. The second kappa shape index (κ2) is 9.16. The maximum absolute atomic E-state index is 6.05. The van der Waals surface area contributed by atoms with Gasteiger partial charge in [-0.25, -0.2) is 4.98 Å². The molecular formula is C23H23ClN2O3. The van der Waals surface area contributed by atoms with E-state index >= 15 is 0 Å². The Kier molecular flexibility index (Phi) is 6.17. The minimum absolute atomic E-state index is 0.114. The van der Waals surface area contributed by atoms with Gasteiger partial charge in [0.25, 0.3) is 0 Å². The number of hydrogen-bond acceptors (Lipinski definition) is 5. The Labute approximate surface area is 175 Å². The first kappa shape index (κ1) is 19.6. The van der Waals surface area contributed by atoms with Crippen molar-refractivity contribution >= 4 is 17.3 Å². The van der Waals surface area contributed by atoms with Gasteiger partial charge in [0.1, 0.15) is 17.6 Å². The van der Waals surface area contributed by atoms with Crippen LogP contribution < -0.4 is 14.4 Å². The van der Waals surface area contributed by atoms with Crippen LogP contribution >= 0.6 is 11.6 Å². The van der Waals surface area contributed by atoms with Crippen molar-refractivity contribution in [2.75, 3.05) is 25.1 Å². The zero-order valence-electron chi connectivity index (χ0n) is 16.3. The molecule has 5 nitrogen and oxygen atoms in total. The highest BCUT2D eigenvalue weighted by atomic mass is 35.5. The quantitative estimate of drug-likeness (QED) is 0.526.